The number of carbonyl (C=O) groups is 1. The Bertz CT molecular complexity index is 848. The Balaban J connectivity index is 2.30. The van der Waals surface area contributed by atoms with Crippen molar-refractivity contribution in [2.24, 2.45) is 0 Å². The molecule has 3 heterocycles. The molecular formula is C12H16N6O6. The number of hydrogen-bond donors (Lipinski definition) is 6. The Morgan fingerprint density at radius 2 is 2.29 bits per heavy atom. The van der Waals surface area contributed by atoms with Crippen LogP contribution in [0.1, 0.15) is 0 Å². The predicted molar refractivity (Wildman–Crippen MR) is 78.6 cm³/mol. The SMILES string of the molecule is CNC(=O)[C@@]1(n2cnc3c(=O)[nH]c(N)nc32)O[C@H](CO)[C@@H](O)[C@H]1O. The van der Waals surface area contributed by atoms with E-state index in [-0.39, 0.29) is 17.1 Å². The van der Waals surface area contributed by atoms with Crippen LogP contribution in [0.3, 0.4) is 0 Å². The summed E-state index contributed by atoms with van der Waals surface area (Å²) in [5.41, 5.74) is 2.44. The Kier molecular flexibility index (Phi) is 3.76. The van der Waals surface area contributed by atoms with E-state index in [1.807, 2.05) is 0 Å². The molecule has 4 atom stereocenters. The number of aliphatic hydroxyl groups excluding tert-OH is 3. The third-order valence-electron chi connectivity index (χ3n) is 3.95. The fourth-order valence-corrected chi connectivity index (χ4v) is 2.80. The average molecular weight is 340 g/mol. The first-order valence-electron chi connectivity index (χ1n) is 6.97. The third kappa shape index (κ3) is 2.01. The smallest absolute Gasteiger partial charge is 0.280 e. The summed E-state index contributed by atoms with van der Waals surface area (Å²) >= 11 is 0. The van der Waals surface area contributed by atoms with Gasteiger partial charge in [-0.2, -0.15) is 4.98 Å². The summed E-state index contributed by atoms with van der Waals surface area (Å²) in [6, 6.07) is 0. The first-order chi connectivity index (χ1) is 11.4. The van der Waals surface area contributed by atoms with Crippen LogP contribution in [0.15, 0.2) is 11.1 Å². The molecule has 130 valence electrons. The molecule has 0 aliphatic carbocycles. The molecule has 1 fully saturated rings. The zero-order valence-electron chi connectivity index (χ0n) is 12.5. The van der Waals surface area contributed by atoms with Crippen molar-refractivity contribution >= 4 is 23.0 Å². The van der Waals surface area contributed by atoms with Crippen LogP contribution in [0.4, 0.5) is 5.95 Å². The van der Waals surface area contributed by atoms with Crippen molar-refractivity contribution in [3.63, 3.8) is 0 Å². The number of rotatable bonds is 3. The van der Waals surface area contributed by atoms with Gasteiger partial charge in [-0.1, -0.05) is 0 Å². The van der Waals surface area contributed by atoms with Gasteiger partial charge in [-0.05, 0) is 0 Å². The number of hydrogen-bond acceptors (Lipinski definition) is 9. The number of amides is 1. The van der Waals surface area contributed by atoms with E-state index in [0.29, 0.717) is 0 Å². The van der Waals surface area contributed by atoms with Crippen molar-refractivity contribution in [1.29, 1.82) is 0 Å². The van der Waals surface area contributed by atoms with Crippen LogP contribution in [0.25, 0.3) is 11.2 Å². The molecule has 24 heavy (non-hydrogen) atoms. The first kappa shape index (κ1) is 16.3. The number of aromatic nitrogens is 4. The fourth-order valence-electron chi connectivity index (χ4n) is 2.80. The summed E-state index contributed by atoms with van der Waals surface area (Å²) in [4.78, 5) is 34.4. The molecule has 7 N–H and O–H groups in total. The van der Waals surface area contributed by atoms with Gasteiger partial charge in [0, 0.05) is 7.05 Å². The molecule has 0 saturated carbocycles. The van der Waals surface area contributed by atoms with Crippen molar-refractivity contribution in [2.75, 3.05) is 19.4 Å². The number of H-pyrrole nitrogens is 1. The van der Waals surface area contributed by atoms with Gasteiger partial charge in [0.2, 0.25) is 5.95 Å². The standard InChI is InChI=1S/C12H16N6O6/c1-14-10(23)12(7(21)6(20)4(2-19)24-12)18-3-15-5-8(18)16-11(13)17-9(5)22/h3-4,6-7,19-21H,2H2,1H3,(H,14,23)(H3,13,16,17,22)/t4-,6-,7-,12+/m1/s1. The minimum atomic E-state index is -2.18. The van der Waals surface area contributed by atoms with Crippen LogP contribution in [-0.2, 0) is 15.3 Å². The highest BCUT2D eigenvalue weighted by Gasteiger charge is 2.60. The topological polar surface area (TPSA) is 189 Å². The van der Waals surface area contributed by atoms with Crippen molar-refractivity contribution in [3.05, 3.63) is 16.7 Å². The second-order valence-corrected chi connectivity index (χ2v) is 5.29. The van der Waals surface area contributed by atoms with E-state index in [1.54, 1.807) is 0 Å². The summed E-state index contributed by atoms with van der Waals surface area (Å²) in [6.07, 6.45) is -3.47. The van der Waals surface area contributed by atoms with E-state index in [0.717, 1.165) is 10.9 Å². The Morgan fingerprint density at radius 1 is 1.58 bits per heavy atom. The second kappa shape index (κ2) is 5.52. The first-order valence-corrected chi connectivity index (χ1v) is 6.97. The second-order valence-electron chi connectivity index (χ2n) is 5.29. The third-order valence-corrected chi connectivity index (χ3v) is 3.95. The number of nitrogens with two attached hydrogens (primary N) is 1. The van der Waals surface area contributed by atoms with Gasteiger partial charge < -0.3 is 31.1 Å². The van der Waals surface area contributed by atoms with Gasteiger partial charge in [0.15, 0.2) is 11.2 Å². The lowest BCUT2D eigenvalue weighted by Gasteiger charge is -2.31. The van der Waals surface area contributed by atoms with Crippen LogP contribution in [0.2, 0.25) is 0 Å². The molecule has 0 spiro atoms. The van der Waals surface area contributed by atoms with E-state index >= 15 is 0 Å². The maximum Gasteiger partial charge on any atom is 0.280 e. The lowest BCUT2D eigenvalue weighted by Crippen LogP contribution is -2.55. The largest absolute Gasteiger partial charge is 0.394 e. The normalized spacial score (nSPS) is 29.9. The maximum absolute atomic E-state index is 12.5. The monoisotopic (exact) mass is 340 g/mol. The molecular weight excluding hydrogens is 324 g/mol. The highest BCUT2D eigenvalue weighted by Crippen LogP contribution is 2.37. The molecule has 0 unspecified atom stereocenters. The van der Waals surface area contributed by atoms with Gasteiger partial charge in [0.05, 0.1) is 6.61 Å². The molecule has 3 rings (SSSR count). The summed E-state index contributed by atoms with van der Waals surface area (Å²) in [5, 5.41) is 32.1. The molecule has 2 aromatic rings. The van der Waals surface area contributed by atoms with Gasteiger partial charge in [-0.25, -0.2) is 4.98 Å². The highest BCUT2D eigenvalue weighted by atomic mass is 16.6. The highest BCUT2D eigenvalue weighted by molar-refractivity contribution is 5.86. The number of aromatic amines is 1. The van der Waals surface area contributed by atoms with E-state index < -0.39 is 42.1 Å². The number of nitrogens with zero attached hydrogens (tertiary/aromatic N) is 3. The van der Waals surface area contributed by atoms with Crippen molar-refractivity contribution in [2.45, 2.75) is 24.0 Å². The average Bonchev–Trinajstić information content (AvgIpc) is 3.08. The van der Waals surface area contributed by atoms with Gasteiger partial charge in [0.25, 0.3) is 17.2 Å². The zero-order valence-corrected chi connectivity index (χ0v) is 12.5. The lowest BCUT2D eigenvalue weighted by molar-refractivity contribution is -0.175. The van der Waals surface area contributed by atoms with Gasteiger partial charge in [0.1, 0.15) is 24.6 Å². The molecule has 0 aromatic carbocycles. The molecule has 1 aliphatic rings. The molecule has 0 bridgehead atoms. The van der Waals surface area contributed by atoms with Crippen LogP contribution in [0.5, 0.6) is 0 Å². The molecule has 1 saturated heterocycles. The van der Waals surface area contributed by atoms with Crippen molar-refractivity contribution < 1.29 is 24.9 Å². The Hall–Kier alpha value is -2.54. The molecule has 1 aliphatic heterocycles. The molecule has 12 heteroatoms. The number of likely N-dealkylation sites (N-methyl/N-ethyl adjacent to an activating group) is 1. The Morgan fingerprint density at radius 3 is 2.88 bits per heavy atom. The van der Waals surface area contributed by atoms with Crippen LogP contribution < -0.4 is 16.6 Å². The van der Waals surface area contributed by atoms with E-state index in [2.05, 4.69) is 20.3 Å². The van der Waals surface area contributed by atoms with Crippen molar-refractivity contribution in [1.82, 2.24) is 24.8 Å². The number of carbonyl (C=O) groups excluding carboxylic acids is 1. The number of ether oxygens (including phenoxy) is 1. The maximum atomic E-state index is 12.5. The molecule has 12 nitrogen and oxygen atoms in total. The molecule has 2 aromatic heterocycles. The molecule has 1 amide bonds. The summed E-state index contributed by atoms with van der Waals surface area (Å²) < 4.78 is 6.49. The summed E-state index contributed by atoms with van der Waals surface area (Å²) in [7, 11) is 1.30. The number of nitrogen functional groups attached to an aromatic ring is 1. The minimum absolute atomic E-state index is 0.121. The zero-order chi connectivity index (χ0) is 17.6. The van der Waals surface area contributed by atoms with Gasteiger partial charge in [-0.3, -0.25) is 19.1 Å². The number of imidazole rings is 1. The van der Waals surface area contributed by atoms with E-state index in [1.165, 1.54) is 7.05 Å². The summed E-state index contributed by atoms with van der Waals surface area (Å²) in [6.45, 7) is -0.639. The van der Waals surface area contributed by atoms with E-state index in [4.69, 9.17) is 10.5 Å². The minimum Gasteiger partial charge on any atom is -0.394 e. The summed E-state index contributed by atoms with van der Waals surface area (Å²) in [5.74, 6) is -1.06. The van der Waals surface area contributed by atoms with Crippen molar-refractivity contribution in [3.8, 4) is 0 Å². The predicted octanol–water partition coefficient (Wildman–Crippen LogP) is -3.79. The van der Waals surface area contributed by atoms with Crippen LogP contribution in [0, 0.1) is 0 Å². The number of nitrogens with one attached hydrogen (secondary N) is 2. The fraction of sp³-hybridized carbons (Fsp3) is 0.500. The molecule has 0 radical (unpaired) electrons. The van der Waals surface area contributed by atoms with Crippen LogP contribution in [-0.4, -0.2) is 72.7 Å². The van der Waals surface area contributed by atoms with Gasteiger partial charge in [-0.15, -0.1) is 0 Å². The van der Waals surface area contributed by atoms with Gasteiger partial charge >= 0.3 is 0 Å². The van der Waals surface area contributed by atoms with Crippen LogP contribution >= 0.6 is 0 Å². The Labute approximate surface area is 133 Å². The van der Waals surface area contributed by atoms with E-state index in [9.17, 15) is 24.9 Å². The number of anilines is 1. The number of fused-ring (bicyclic) bond motifs is 1. The number of aliphatic hydroxyl groups is 3. The quantitative estimate of drug-likeness (QED) is 0.325. The lowest BCUT2D eigenvalue weighted by atomic mass is 10.0.